The molecule has 0 aromatic heterocycles. The molecule has 82 valence electrons. The van der Waals surface area contributed by atoms with Crippen molar-refractivity contribution >= 4 is 5.91 Å². The van der Waals surface area contributed by atoms with E-state index in [0.717, 1.165) is 19.3 Å². The van der Waals surface area contributed by atoms with E-state index in [1.54, 1.807) is 0 Å². The number of aliphatic hydroxyl groups excluding tert-OH is 1. The lowest BCUT2D eigenvalue weighted by atomic mass is 10.0. The van der Waals surface area contributed by atoms with Gasteiger partial charge in [-0.15, -0.1) is 0 Å². The van der Waals surface area contributed by atoms with Crippen molar-refractivity contribution in [3.8, 4) is 0 Å². The number of carbonyl (C=O) groups is 1. The Labute approximate surface area is 84.9 Å². The summed E-state index contributed by atoms with van der Waals surface area (Å²) in [6, 6.07) is -0.389. The summed E-state index contributed by atoms with van der Waals surface area (Å²) in [5, 5.41) is 11.7. The van der Waals surface area contributed by atoms with Crippen LogP contribution in [0.1, 0.15) is 32.6 Å². The van der Waals surface area contributed by atoms with Crippen LogP contribution < -0.4 is 11.1 Å². The molecule has 1 rings (SSSR count). The molecule has 14 heavy (non-hydrogen) atoms. The van der Waals surface area contributed by atoms with Crippen molar-refractivity contribution in [3.05, 3.63) is 0 Å². The maximum Gasteiger partial charge on any atom is 0.236 e. The van der Waals surface area contributed by atoms with E-state index in [4.69, 9.17) is 10.8 Å². The van der Waals surface area contributed by atoms with E-state index in [-0.39, 0.29) is 24.0 Å². The number of rotatable bonds is 6. The van der Waals surface area contributed by atoms with E-state index in [2.05, 4.69) is 5.32 Å². The Morgan fingerprint density at radius 1 is 1.64 bits per heavy atom. The standard InChI is InChI=1S/C10H20N2O2/c1-2-8(11)9(14)12-7-10(3-4-10)5-6-13/h8,13H,2-7,11H2,1H3,(H,12,14)/t8-/m1/s1. The fourth-order valence-electron chi connectivity index (χ4n) is 1.52. The molecule has 0 radical (unpaired) electrons. The molecule has 0 spiro atoms. The van der Waals surface area contributed by atoms with Crippen LogP contribution in [-0.2, 0) is 4.79 Å². The summed E-state index contributed by atoms with van der Waals surface area (Å²) in [5.41, 5.74) is 5.76. The first kappa shape index (κ1) is 11.5. The minimum Gasteiger partial charge on any atom is -0.396 e. The van der Waals surface area contributed by atoms with E-state index in [1.807, 2.05) is 6.92 Å². The van der Waals surface area contributed by atoms with Gasteiger partial charge in [0.05, 0.1) is 6.04 Å². The average molecular weight is 200 g/mol. The molecule has 1 aliphatic carbocycles. The van der Waals surface area contributed by atoms with Gasteiger partial charge in [-0.3, -0.25) is 4.79 Å². The Kier molecular flexibility index (Phi) is 3.89. The molecule has 1 fully saturated rings. The second-order valence-corrected chi connectivity index (χ2v) is 4.21. The molecule has 1 atom stereocenters. The van der Waals surface area contributed by atoms with Gasteiger partial charge in [-0.05, 0) is 31.1 Å². The van der Waals surface area contributed by atoms with Crippen LogP contribution in [-0.4, -0.2) is 30.2 Å². The maximum atomic E-state index is 11.4. The van der Waals surface area contributed by atoms with E-state index < -0.39 is 0 Å². The maximum absolute atomic E-state index is 11.4. The van der Waals surface area contributed by atoms with Gasteiger partial charge in [0.15, 0.2) is 0 Å². The number of nitrogens with two attached hydrogens (primary N) is 1. The highest BCUT2D eigenvalue weighted by molar-refractivity contribution is 5.81. The first-order chi connectivity index (χ1) is 6.63. The summed E-state index contributed by atoms with van der Waals surface area (Å²) in [4.78, 5) is 11.4. The number of nitrogens with one attached hydrogen (secondary N) is 1. The third-order valence-electron chi connectivity index (χ3n) is 3.01. The Bertz CT molecular complexity index is 202. The van der Waals surface area contributed by atoms with E-state index >= 15 is 0 Å². The fourth-order valence-corrected chi connectivity index (χ4v) is 1.52. The van der Waals surface area contributed by atoms with Crippen LogP contribution in [0.15, 0.2) is 0 Å². The van der Waals surface area contributed by atoms with Crippen molar-refractivity contribution < 1.29 is 9.90 Å². The van der Waals surface area contributed by atoms with E-state index in [9.17, 15) is 4.79 Å². The summed E-state index contributed by atoms with van der Waals surface area (Å²) >= 11 is 0. The van der Waals surface area contributed by atoms with Crippen molar-refractivity contribution in [1.29, 1.82) is 0 Å². The van der Waals surface area contributed by atoms with Crippen LogP contribution in [0.2, 0.25) is 0 Å². The largest absolute Gasteiger partial charge is 0.396 e. The Hall–Kier alpha value is -0.610. The molecule has 4 N–H and O–H groups in total. The van der Waals surface area contributed by atoms with Gasteiger partial charge in [-0.25, -0.2) is 0 Å². The van der Waals surface area contributed by atoms with Crippen molar-refractivity contribution in [1.82, 2.24) is 5.32 Å². The van der Waals surface area contributed by atoms with Gasteiger partial charge in [-0.2, -0.15) is 0 Å². The highest BCUT2D eigenvalue weighted by Crippen LogP contribution is 2.47. The molecule has 1 amide bonds. The number of amides is 1. The zero-order valence-electron chi connectivity index (χ0n) is 8.75. The van der Waals surface area contributed by atoms with Crippen LogP contribution in [0.3, 0.4) is 0 Å². The van der Waals surface area contributed by atoms with Gasteiger partial charge in [0.25, 0.3) is 0 Å². The SMILES string of the molecule is CC[C@@H](N)C(=O)NCC1(CCO)CC1. The molecular formula is C10H20N2O2. The van der Waals surface area contributed by atoms with Gasteiger partial charge in [0.1, 0.15) is 0 Å². The van der Waals surface area contributed by atoms with Crippen molar-refractivity contribution in [2.45, 2.75) is 38.6 Å². The van der Waals surface area contributed by atoms with Crippen molar-refractivity contribution in [3.63, 3.8) is 0 Å². The van der Waals surface area contributed by atoms with Gasteiger partial charge < -0.3 is 16.2 Å². The van der Waals surface area contributed by atoms with Gasteiger partial charge in [0, 0.05) is 13.2 Å². The first-order valence-electron chi connectivity index (χ1n) is 5.28. The minimum atomic E-state index is -0.389. The monoisotopic (exact) mass is 200 g/mol. The van der Waals surface area contributed by atoms with Crippen molar-refractivity contribution in [2.75, 3.05) is 13.2 Å². The summed E-state index contributed by atoms with van der Waals surface area (Å²) in [7, 11) is 0. The first-order valence-corrected chi connectivity index (χ1v) is 5.28. The lowest BCUT2D eigenvalue weighted by Gasteiger charge is -2.16. The van der Waals surface area contributed by atoms with Gasteiger partial charge in [-0.1, -0.05) is 6.92 Å². The zero-order valence-corrected chi connectivity index (χ0v) is 8.75. The average Bonchev–Trinajstić information content (AvgIpc) is 2.94. The molecule has 0 aromatic carbocycles. The van der Waals surface area contributed by atoms with E-state index in [0.29, 0.717) is 13.0 Å². The molecule has 0 heterocycles. The van der Waals surface area contributed by atoms with Gasteiger partial charge >= 0.3 is 0 Å². The highest BCUT2D eigenvalue weighted by atomic mass is 16.3. The van der Waals surface area contributed by atoms with Gasteiger partial charge in [0.2, 0.25) is 5.91 Å². The van der Waals surface area contributed by atoms with Crippen LogP contribution in [0.25, 0.3) is 0 Å². The molecule has 1 aliphatic rings. The van der Waals surface area contributed by atoms with Crippen LogP contribution in [0.4, 0.5) is 0 Å². The molecule has 4 heteroatoms. The van der Waals surface area contributed by atoms with Crippen LogP contribution in [0.5, 0.6) is 0 Å². The van der Waals surface area contributed by atoms with Crippen molar-refractivity contribution in [2.24, 2.45) is 11.1 Å². The lowest BCUT2D eigenvalue weighted by Crippen LogP contribution is -2.42. The second-order valence-electron chi connectivity index (χ2n) is 4.21. The summed E-state index contributed by atoms with van der Waals surface area (Å²) in [6.07, 6.45) is 3.66. The summed E-state index contributed by atoms with van der Waals surface area (Å²) in [5.74, 6) is -0.0725. The molecular weight excluding hydrogens is 180 g/mol. The zero-order chi connectivity index (χ0) is 10.6. The number of carbonyl (C=O) groups excluding carboxylic acids is 1. The highest BCUT2D eigenvalue weighted by Gasteiger charge is 2.41. The predicted octanol–water partition coefficient (Wildman–Crippen LogP) is 0.00250. The lowest BCUT2D eigenvalue weighted by molar-refractivity contribution is -0.122. The fraction of sp³-hybridized carbons (Fsp3) is 0.900. The normalized spacial score (nSPS) is 20.2. The topological polar surface area (TPSA) is 75.4 Å². The number of aliphatic hydroxyl groups is 1. The molecule has 0 aliphatic heterocycles. The molecule has 4 nitrogen and oxygen atoms in total. The summed E-state index contributed by atoms with van der Waals surface area (Å²) in [6.45, 7) is 2.76. The van der Waals surface area contributed by atoms with Crippen LogP contribution >= 0.6 is 0 Å². The molecule has 0 bridgehead atoms. The predicted molar refractivity (Wildman–Crippen MR) is 54.6 cm³/mol. The Morgan fingerprint density at radius 2 is 2.29 bits per heavy atom. The minimum absolute atomic E-state index is 0.0725. The van der Waals surface area contributed by atoms with E-state index in [1.165, 1.54) is 0 Å². The number of hydrogen-bond acceptors (Lipinski definition) is 3. The number of hydrogen-bond donors (Lipinski definition) is 3. The molecule has 0 unspecified atom stereocenters. The smallest absolute Gasteiger partial charge is 0.236 e. The third-order valence-corrected chi connectivity index (χ3v) is 3.01. The molecule has 0 aromatic rings. The molecule has 0 saturated heterocycles. The molecule has 1 saturated carbocycles. The Balaban J connectivity index is 2.23. The third kappa shape index (κ3) is 2.96. The second kappa shape index (κ2) is 4.75. The quantitative estimate of drug-likeness (QED) is 0.565. The van der Waals surface area contributed by atoms with Crippen LogP contribution in [0, 0.1) is 5.41 Å². The Morgan fingerprint density at radius 3 is 2.71 bits per heavy atom. The summed E-state index contributed by atoms with van der Waals surface area (Å²) < 4.78 is 0.